The number of ether oxygens (including phenoxy) is 1. The highest BCUT2D eigenvalue weighted by Crippen LogP contribution is 2.17. The summed E-state index contributed by atoms with van der Waals surface area (Å²) in [5.74, 6) is -0.104. The lowest BCUT2D eigenvalue weighted by Crippen LogP contribution is -2.10. The Morgan fingerprint density at radius 1 is 1.44 bits per heavy atom. The van der Waals surface area contributed by atoms with Crippen LogP contribution in [-0.4, -0.2) is 31.9 Å². The molecular formula is C12H14N2O3S. The van der Waals surface area contributed by atoms with Crippen molar-refractivity contribution in [3.05, 3.63) is 30.1 Å². The Hall–Kier alpha value is -1.69. The molecule has 0 amide bonds. The zero-order chi connectivity index (χ0) is 13.1. The van der Waals surface area contributed by atoms with E-state index in [0.717, 1.165) is 0 Å². The molecule has 2 rings (SSSR count). The van der Waals surface area contributed by atoms with Crippen molar-refractivity contribution in [2.45, 2.75) is 18.9 Å². The number of esters is 1. The first-order valence-electron chi connectivity index (χ1n) is 5.71. The average molecular weight is 266 g/mol. The molecule has 0 saturated heterocycles. The Morgan fingerprint density at radius 2 is 2.22 bits per heavy atom. The van der Waals surface area contributed by atoms with E-state index in [0.29, 0.717) is 16.4 Å². The molecule has 0 fully saturated rings. The Morgan fingerprint density at radius 3 is 2.89 bits per heavy atom. The third kappa shape index (κ3) is 2.15. The van der Waals surface area contributed by atoms with E-state index in [4.69, 9.17) is 4.74 Å². The van der Waals surface area contributed by atoms with Crippen LogP contribution >= 0.6 is 0 Å². The number of rotatable bonds is 4. The second-order valence-electron chi connectivity index (χ2n) is 3.55. The zero-order valence-corrected chi connectivity index (χ0v) is 11.1. The van der Waals surface area contributed by atoms with Gasteiger partial charge in [0.2, 0.25) is 0 Å². The lowest BCUT2D eigenvalue weighted by Gasteiger charge is -2.02. The van der Waals surface area contributed by atoms with Crippen molar-refractivity contribution in [1.29, 1.82) is 0 Å². The fraction of sp³-hybridized carbons (Fsp3) is 0.333. The third-order valence-corrected chi connectivity index (χ3v) is 3.78. The maximum absolute atomic E-state index is 12.1. The Kier molecular flexibility index (Phi) is 3.76. The number of carbonyl (C=O) groups is 1. The van der Waals surface area contributed by atoms with Crippen molar-refractivity contribution in [2.24, 2.45) is 0 Å². The van der Waals surface area contributed by atoms with Gasteiger partial charge in [-0.2, -0.15) is 0 Å². The van der Waals surface area contributed by atoms with Crippen molar-refractivity contribution < 1.29 is 13.7 Å². The van der Waals surface area contributed by atoms with Gasteiger partial charge in [0, 0.05) is 11.9 Å². The van der Waals surface area contributed by atoms with Crippen molar-refractivity contribution in [2.75, 3.05) is 12.4 Å². The summed E-state index contributed by atoms with van der Waals surface area (Å²) in [6.45, 7) is 3.79. The number of imidazole rings is 1. The molecule has 0 radical (unpaired) electrons. The van der Waals surface area contributed by atoms with Gasteiger partial charge < -0.3 is 4.74 Å². The second-order valence-corrected chi connectivity index (χ2v) is 5.20. The Bertz CT molecular complexity index is 606. The van der Waals surface area contributed by atoms with Crippen LogP contribution in [0.4, 0.5) is 0 Å². The quantitative estimate of drug-likeness (QED) is 0.789. The van der Waals surface area contributed by atoms with Crippen molar-refractivity contribution >= 4 is 22.4 Å². The highest BCUT2D eigenvalue weighted by molar-refractivity contribution is 7.85. The van der Waals surface area contributed by atoms with Crippen LogP contribution in [0.15, 0.2) is 29.4 Å². The number of nitrogens with zero attached hydrogens (tertiary/aromatic N) is 2. The van der Waals surface area contributed by atoms with Gasteiger partial charge in [-0.1, -0.05) is 13.0 Å². The van der Waals surface area contributed by atoms with Crippen molar-refractivity contribution in [3.8, 4) is 0 Å². The highest BCUT2D eigenvalue weighted by atomic mass is 32.2. The Balaban J connectivity index is 2.64. The van der Waals surface area contributed by atoms with E-state index < -0.39 is 16.8 Å². The molecule has 0 aromatic carbocycles. The zero-order valence-electron chi connectivity index (χ0n) is 10.3. The lowest BCUT2D eigenvalue weighted by molar-refractivity contribution is 0.0515. The summed E-state index contributed by atoms with van der Waals surface area (Å²) >= 11 is 0. The fourth-order valence-electron chi connectivity index (χ4n) is 1.66. The van der Waals surface area contributed by atoms with E-state index in [1.165, 1.54) is 0 Å². The first-order valence-corrected chi connectivity index (χ1v) is 7.03. The maximum Gasteiger partial charge on any atom is 0.359 e. The topological polar surface area (TPSA) is 60.7 Å². The van der Waals surface area contributed by atoms with Crippen LogP contribution in [-0.2, 0) is 15.5 Å². The molecule has 0 bridgehead atoms. The van der Waals surface area contributed by atoms with Crippen LogP contribution in [0, 0.1) is 0 Å². The molecule has 0 saturated carbocycles. The summed E-state index contributed by atoms with van der Waals surface area (Å²) in [6.07, 6.45) is 1.74. The first-order chi connectivity index (χ1) is 8.69. The molecular weight excluding hydrogens is 252 g/mol. The minimum absolute atomic E-state index is 0.142. The van der Waals surface area contributed by atoms with E-state index in [-0.39, 0.29) is 12.3 Å². The van der Waals surface area contributed by atoms with Gasteiger partial charge in [-0.3, -0.25) is 8.61 Å². The van der Waals surface area contributed by atoms with Gasteiger partial charge in [-0.15, -0.1) is 0 Å². The highest BCUT2D eigenvalue weighted by Gasteiger charge is 2.23. The molecule has 2 aromatic heterocycles. The predicted octanol–water partition coefficient (Wildman–Crippen LogP) is 1.64. The molecule has 18 heavy (non-hydrogen) atoms. The van der Waals surface area contributed by atoms with Gasteiger partial charge in [0.1, 0.15) is 10.7 Å². The molecule has 0 N–H and O–H groups in total. The summed E-state index contributed by atoms with van der Waals surface area (Å²) < 4.78 is 18.7. The lowest BCUT2D eigenvalue weighted by atomic mass is 10.5. The summed E-state index contributed by atoms with van der Waals surface area (Å²) in [7, 11) is -1.27. The standard InChI is InChI=1S/C12H14N2O3S/c1-3-17-12(15)10-11(18(16)4-2)14-8-6-5-7-9(14)13-10/h5-8H,3-4H2,1-2H3. The molecule has 0 spiro atoms. The predicted molar refractivity (Wildman–Crippen MR) is 68.1 cm³/mol. The molecule has 1 unspecified atom stereocenters. The molecule has 0 aliphatic carbocycles. The molecule has 2 heterocycles. The number of pyridine rings is 1. The second kappa shape index (κ2) is 5.30. The number of hydrogen-bond donors (Lipinski definition) is 0. The largest absolute Gasteiger partial charge is 0.461 e. The van der Waals surface area contributed by atoms with Crippen LogP contribution in [0.2, 0.25) is 0 Å². The van der Waals surface area contributed by atoms with Gasteiger partial charge in [0.15, 0.2) is 5.69 Å². The van der Waals surface area contributed by atoms with Crippen LogP contribution in [0.1, 0.15) is 24.3 Å². The summed E-state index contributed by atoms with van der Waals surface area (Å²) in [5.41, 5.74) is 0.737. The summed E-state index contributed by atoms with van der Waals surface area (Å²) in [6, 6.07) is 5.38. The van der Waals surface area contributed by atoms with Crippen LogP contribution in [0.25, 0.3) is 5.65 Å². The van der Waals surface area contributed by atoms with Gasteiger partial charge in [0.25, 0.3) is 0 Å². The number of hydrogen-bond acceptors (Lipinski definition) is 4. The van der Waals surface area contributed by atoms with E-state index in [1.54, 1.807) is 36.6 Å². The number of aromatic nitrogens is 2. The molecule has 96 valence electrons. The first kappa shape index (κ1) is 12.8. The summed E-state index contributed by atoms with van der Waals surface area (Å²) in [4.78, 5) is 16.0. The minimum Gasteiger partial charge on any atom is -0.461 e. The third-order valence-electron chi connectivity index (χ3n) is 2.43. The van der Waals surface area contributed by atoms with Gasteiger partial charge in [-0.05, 0) is 19.1 Å². The van der Waals surface area contributed by atoms with Crippen LogP contribution in [0.3, 0.4) is 0 Å². The van der Waals surface area contributed by atoms with E-state index >= 15 is 0 Å². The van der Waals surface area contributed by atoms with E-state index in [9.17, 15) is 9.00 Å². The maximum atomic E-state index is 12.1. The molecule has 2 aromatic rings. The van der Waals surface area contributed by atoms with Gasteiger partial charge in [0.05, 0.1) is 17.4 Å². The van der Waals surface area contributed by atoms with E-state index in [1.807, 2.05) is 6.07 Å². The van der Waals surface area contributed by atoms with Gasteiger partial charge in [-0.25, -0.2) is 9.78 Å². The van der Waals surface area contributed by atoms with Crippen LogP contribution < -0.4 is 0 Å². The average Bonchev–Trinajstić information content (AvgIpc) is 2.77. The monoisotopic (exact) mass is 266 g/mol. The molecule has 0 aliphatic rings. The van der Waals surface area contributed by atoms with Gasteiger partial charge >= 0.3 is 5.97 Å². The van der Waals surface area contributed by atoms with E-state index in [2.05, 4.69) is 4.98 Å². The fourth-order valence-corrected chi connectivity index (χ4v) is 2.65. The minimum atomic E-state index is -1.27. The number of carbonyl (C=O) groups excluding carboxylic acids is 1. The molecule has 5 nitrogen and oxygen atoms in total. The number of fused-ring (bicyclic) bond motifs is 1. The van der Waals surface area contributed by atoms with Crippen molar-refractivity contribution in [3.63, 3.8) is 0 Å². The molecule has 0 aliphatic heterocycles. The van der Waals surface area contributed by atoms with Crippen molar-refractivity contribution in [1.82, 2.24) is 9.38 Å². The SMILES string of the molecule is CCOC(=O)c1nc2ccccn2c1S(=O)CC. The Labute approximate surface area is 107 Å². The normalized spacial score (nSPS) is 12.6. The van der Waals surface area contributed by atoms with Crippen LogP contribution in [0.5, 0.6) is 0 Å². The summed E-state index contributed by atoms with van der Waals surface area (Å²) in [5, 5.41) is 0.409. The molecule has 6 heteroatoms. The smallest absolute Gasteiger partial charge is 0.359 e. The molecule has 1 atom stereocenters.